The fourth-order valence-corrected chi connectivity index (χ4v) is 6.21. The predicted octanol–water partition coefficient (Wildman–Crippen LogP) is 5.62. The van der Waals surface area contributed by atoms with Gasteiger partial charge >= 0.3 is 6.09 Å². The van der Waals surface area contributed by atoms with Gasteiger partial charge in [-0.15, -0.1) is 0 Å². The second kappa shape index (κ2) is 7.46. The fraction of sp³-hybridized carbons (Fsp3) is 0.696. The van der Waals surface area contributed by atoms with Crippen molar-refractivity contribution < 1.29 is 14.6 Å². The summed E-state index contributed by atoms with van der Waals surface area (Å²) in [6.07, 6.45) is 5.82. The Morgan fingerprint density at radius 1 is 1.15 bits per heavy atom. The molecule has 4 heteroatoms. The van der Waals surface area contributed by atoms with Crippen LogP contribution in [0.3, 0.4) is 0 Å². The fourth-order valence-electron chi connectivity index (χ4n) is 6.21. The standard InChI is InChI=1S/C23H35NO3/c1-21(2)13-8-14-22(3)18(21)11-15-23(4,26)19(22)12-16-27-20(25)24-17-9-6-5-7-10-17/h5-7,9-10,18-19,26H,8,11-16H2,1-4H3,(H,24,25)/t18-,19-,22-,23+/m1/s1. The highest BCUT2D eigenvalue weighted by molar-refractivity contribution is 5.84. The predicted molar refractivity (Wildman–Crippen MR) is 109 cm³/mol. The minimum absolute atomic E-state index is 0.1000. The van der Waals surface area contributed by atoms with Gasteiger partial charge in [0, 0.05) is 5.69 Å². The van der Waals surface area contributed by atoms with Gasteiger partial charge in [0.25, 0.3) is 0 Å². The Kier molecular flexibility index (Phi) is 5.58. The SMILES string of the molecule is CC1(C)CCC[C@]2(C)[C@@H]1CC[C@](C)(O)[C@@H]2CCOC(=O)Nc1ccccc1. The summed E-state index contributed by atoms with van der Waals surface area (Å²) in [7, 11) is 0. The number of fused-ring (bicyclic) bond motifs is 1. The molecule has 0 radical (unpaired) electrons. The first-order valence-corrected chi connectivity index (χ1v) is 10.4. The molecule has 2 aliphatic rings. The molecule has 2 saturated carbocycles. The van der Waals surface area contributed by atoms with E-state index < -0.39 is 11.7 Å². The van der Waals surface area contributed by atoms with Crippen molar-refractivity contribution in [3.05, 3.63) is 30.3 Å². The quantitative estimate of drug-likeness (QED) is 0.720. The number of para-hydroxylation sites is 1. The molecule has 0 spiro atoms. The van der Waals surface area contributed by atoms with Crippen LogP contribution in [0, 0.1) is 22.7 Å². The third-order valence-electron chi connectivity index (χ3n) is 7.42. The van der Waals surface area contributed by atoms with Crippen LogP contribution in [0.15, 0.2) is 30.3 Å². The zero-order valence-corrected chi connectivity index (χ0v) is 17.3. The Hall–Kier alpha value is -1.55. The van der Waals surface area contributed by atoms with Gasteiger partial charge < -0.3 is 9.84 Å². The molecule has 27 heavy (non-hydrogen) atoms. The van der Waals surface area contributed by atoms with Gasteiger partial charge in [-0.1, -0.05) is 45.4 Å². The highest BCUT2D eigenvalue weighted by Gasteiger charge is 2.57. The van der Waals surface area contributed by atoms with E-state index in [4.69, 9.17) is 4.74 Å². The number of carbonyl (C=O) groups excluding carboxylic acids is 1. The molecule has 0 unspecified atom stereocenters. The van der Waals surface area contributed by atoms with E-state index in [2.05, 4.69) is 26.1 Å². The Morgan fingerprint density at radius 3 is 2.56 bits per heavy atom. The van der Waals surface area contributed by atoms with E-state index in [0.717, 1.165) is 24.9 Å². The lowest BCUT2D eigenvalue weighted by molar-refractivity contribution is -0.171. The first-order chi connectivity index (χ1) is 12.7. The normalized spacial score (nSPS) is 35.1. The number of rotatable bonds is 4. The summed E-state index contributed by atoms with van der Waals surface area (Å²) in [6, 6.07) is 9.33. The molecule has 1 aromatic rings. The number of nitrogens with one attached hydrogen (secondary N) is 1. The molecule has 1 aromatic carbocycles. The third-order valence-corrected chi connectivity index (χ3v) is 7.42. The number of hydrogen-bond acceptors (Lipinski definition) is 3. The summed E-state index contributed by atoms with van der Waals surface area (Å²) in [5, 5.41) is 13.9. The van der Waals surface area contributed by atoms with Crippen molar-refractivity contribution in [2.24, 2.45) is 22.7 Å². The maximum Gasteiger partial charge on any atom is 0.411 e. The molecular formula is C23H35NO3. The van der Waals surface area contributed by atoms with Gasteiger partial charge in [-0.05, 0) is 73.8 Å². The second-order valence-corrected chi connectivity index (χ2v) is 9.76. The molecule has 2 aliphatic carbocycles. The van der Waals surface area contributed by atoms with Crippen molar-refractivity contribution in [3.8, 4) is 0 Å². The third kappa shape index (κ3) is 4.16. The number of amides is 1. The molecule has 4 atom stereocenters. The van der Waals surface area contributed by atoms with Crippen LogP contribution in [0.2, 0.25) is 0 Å². The first kappa shape index (κ1) is 20.2. The Morgan fingerprint density at radius 2 is 1.85 bits per heavy atom. The molecule has 0 aliphatic heterocycles. The van der Waals surface area contributed by atoms with E-state index in [0.29, 0.717) is 24.4 Å². The van der Waals surface area contributed by atoms with Crippen LogP contribution in [-0.2, 0) is 4.74 Å². The average Bonchev–Trinajstić information content (AvgIpc) is 2.57. The summed E-state index contributed by atoms with van der Waals surface area (Å²) >= 11 is 0. The monoisotopic (exact) mass is 373 g/mol. The number of hydrogen-bond donors (Lipinski definition) is 2. The molecular weight excluding hydrogens is 338 g/mol. The van der Waals surface area contributed by atoms with Crippen molar-refractivity contribution in [2.75, 3.05) is 11.9 Å². The summed E-state index contributed by atoms with van der Waals surface area (Å²) < 4.78 is 5.46. The van der Waals surface area contributed by atoms with E-state index in [-0.39, 0.29) is 11.3 Å². The van der Waals surface area contributed by atoms with Crippen molar-refractivity contribution >= 4 is 11.8 Å². The van der Waals surface area contributed by atoms with Gasteiger partial charge in [-0.3, -0.25) is 5.32 Å². The van der Waals surface area contributed by atoms with Gasteiger partial charge in [0.05, 0.1) is 12.2 Å². The average molecular weight is 374 g/mol. The van der Waals surface area contributed by atoms with Crippen LogP contribution in [-0.4, -0.2) is 23.4 Å². The van der Waals surface area contributed by atoms with Gasteiger partial charge in [0.2, 0.25) is 0 Å². The van der Waals surface area contributed by atoms with Crippen molar-refractivity contribution in [3.63, 3.8) is 0 Å². The lowest BCUT2D eigenvalue weighted by Gasteiger charge is -2.61. The summed E-state index contributed by atoms with van der Waals surface area (Å²) in [6.45, 7) is 9.44. The Balaban J connectivity index is 1.64. The van der Waals surface area contributed by atoms with Gasteiger partial charge in [0.15, 0.2) is 0 Å². The molecule has 2 fully saturated rings. The van der Waals surface area contributed by atoms with Crippen molar-refractivity contribution in [2.45, 2.75) is 71.8 Å². The first-order valence-electron chi connectivity index (χ1n) is 10.4. The highest BCUT2D eigenvalue weighted by Crippen LogP contribution is 2.62. The zero-order chi connectivity index (χ0) is 19.7. The lowest BCUT2D eigenvalue weighted by atomic mass is 9.45. The molecule has 150 valence electrons. The minimum Gasteiger partial charge on any atom is -0.449 e. The van der Waals surface area contributed by atoms with Gasteiger partial charge in [-0.25, -0.2) is 4.79 Å². The smallest absolute Gasteiger partial charge is 0.411 e. The van der Waals surface area contributed by atoms with E-state index in [1.54, 1.807) is 0 Å². The topological polar surface area (TPSA) is 58.6 Å². The molecule has 2 N–H and O–H groups in total. The maximum absolute atomic E-state index is 12.1. The molecule has 0 bridgehead atoms. The molecule has 0 saturated heterocycles. The number of anilines is 1. The summed E-state index contributed by atoms with van der Waals surface area (Å²) in [5.41, 5.74) is 0.446. The zero-order valence-electron chi connectivity index (χ0n) is 17.3. The van der Waals surface area contributed by atoms with E-state index in [1.165, 1.54) is 12.8 Å². The number of carbonyl (C=O) groups is 1. The summed E-state index contributed by atoms with van der Waals surface area (Å²) in [4.78, 5) is 12.1. The van der Waals surface area contributed by atoms with E-state index in [1.807, 2.05) is 37.3 Å². The second-order valence-electron chi connectivity index (χ2n) is 9.76. The van der Waals surface area contributed by atoms with Crippen LogP contribution < -0.4 is 5.32 Å². The minimum atomic E-state index is -0.696. The highest BCUT2D eigenvalue weighted by atomic mass is 16.5. The molecule has 4 nitrogen and oxygen atoms in total. The summed E-state index contributed by atoms with van der Waals surface area (Å²) in [5.74, 6) is 0.759. The van der Waals surface area contributed by atoms with Gasteiger partial charge in [0.1, 0.15) is 0 Å². The molecule has 3 rings (SSSR count). The lowest BCUT2D eigenvalue weighted by Crippen LogP contribution is -2.57. The number of benzene rings is 1. The van der Waals surface area contributed by atoms with E-state index in [9.17, 15) is 9.90 Å². The van der Waals surface area contributed by atoms with Crippen LogP contribution in [0.4, 0.5) is 10.5 Å². The van der Waals surface area contributed by atoms with Crippen molar-refractivity contribution in [1.82, 2.24) is 0 Å². The van der Waals surface area contributed by atoms with Crippen LogP contribution in [0.25, 0.3) is 0 Å². The van der Waals surface area contributed by atoms with Crippen LogP contribution in [0.5, 0.6) is 0 Å². The maximum atomic E-state index is 12.1. The molecule has 1 amide bonds. The Bertz CT molecular complexity index is 655. The molecule has 0 heterocycles. The largest absolute Gasteiger partial charge is 0.449 e. The van der Waals surface area contributed by atoms with Crippen LogP contribution in [0.1, 0.15) is 66.2 Å². The van der Waals surface area contributed by atoms with E-state index >= 15 is 0 Å². The van der Waals surface area contributed by atoms with Gasteiger partial charge in [-0.2, -0.15) is 0 Å². The van der Waals surface area contributed by atoms with Crippen molar-refractivity contribution in [1.29, 1.82) is 0 Å². The number of ether oxygens (including phenoxy) is 1. The molecule has 0 aromatic heterocycles. The Labute approximate surface area is 163 Å². The van der Waals surface area contributed by atoms with Crippen LogP contribution >= 0.6 is 0 Å². The number of aliphatic hydroxyl groups is 1.